The van der Waals surface area contributed by atoms with Crippen molar-refractivity contribution < 1.29 is 47.4 Å². The van der Waals surface area contributed by atoms with Gasteiger partial charge in [0.05, 0.1) is 80.1 Å². The van der Waals surface area contributed by atoms with E-state index < -0.39 is 0 Å². The summed E-state index contributed by atoms with van der Waals surface area (Å²) in [6.45, 7) is 22.3. The number of nitrogens with one attached hydrogen (secondary N) is 2. The number of nitriles is 4. The van der Waals surface area contributed by atoms with E-state index >= 15 is 0 Å². The first-order valence-corrected chi connectivity index (χ1v) is 53.8. The lowest BCUT2D eigenvalue weighted by molar-refractivity contribution is -0.188. The van der Waals surface area contributed by atoms with Gasteiger partial charge in [-0.05, 0) is 209 Å². The van der Waals surface area contributed by atoms with Crippen LogP contribution < -0.4 is 44.9 Å². The number of aromatic nitrogens is 12. The van der Waals surface area contributed by atoms with Crippen molar-refractivity contribution in [2.75, 3.05) is 154 Å². The number of anilines is 11. The number of amides is 1. The molecule has 32 nitrogen and oxygen atoms in total. The summed E-state index contributed by atoms with van der Waals surface area (Å²) in [6, 6.07) is 50.2. The van der Waals surface area contributed by atoms with Gasteiger partial charge in [-0.15, -0.1) is 0 Å². The molecule has 768 valence electrons. The van der Waals surface area contributed by atoms with Crippen LogP contribution in [0.5, 0.6) is 0 Å². The third-order valence-corrected chi connectivity index (χ3v) is 34.3. The van der Waals surface area contributed by atoms with Crippen LogP contribution in [0.1, 0.15) is 115 Å². The zero-order chi connectivity index (χ0) is 105. The monoisotopic (exact) mass is 2160 g/mol. The minimum Gasteiger partial charge on any atom is -0.381 e. The first-order valence-electron chi connectivity index (χ1n) is 49.7. The largest absolute Gasteiger partial charge is 0.381 e. The average Bonchev–Trinajstić information content (AvgIpc) is 0.915. The van der Waals surface area contributed by atoms with Crippen molar-refractivity contribution in [2.45, 2.75) is 98.3 Å². The minimum atomic E-state index is -0.329. The fourth-order valence-electron chi connectivity index (χ4n) is 21.2. The molecule has 4 aromatic carbocycles. The molecule has 0 bridgehead atoms. The van der Waals surface area contributed by atoms with Gasteiger partial charge in [0.2, 0.25) is 18.1 Å². The first-order chi connectivity index (χ1) is 72.7. The van der Waals surface area contributed by atoms with E-state index in [0.717, 1.165) is 192 Å². The number of nitrogens with zero attached hydrogens (tertiary/aromatic N) is 24. The van der Waals surface area contributed by atoms with Crippen molar-refractivity contribution in [3.05, 3.63) is 240 Å². The van der Waals surface area contributed by atoms with E-state index in [4.69, 9.17) is 50.5 Å². The second-order valence-corrected chi connectivity index (χ2v) is 44.3. The summed E-state index contributed by atoms with van der Waals surface area (Å²) in [5, 5.41) is 82.1. The number of benzene rings is 4. The van der Waals surface area contributed by atoms with E-state index in [1.165, 1.54) is 169 Å². The molecule has 9 fully saturated rings. The molecular formula is C109H107BrF4N26O6S4. The maximum atomic E-state index is 13.5. The summed E-state index contributed by atoms with van der Waals surface area (Å²) in [5.41, 5.74) is 22.4. The Balaban J connectivity index is 0.000000117. The van der Waals surface area contributed by atoms with Crippen LogP contribution in [0.25, 0.3) is 67.1 Å². The molecule has 1 atom stereocenters. The lowest BCUT2D eigenvalue weighted by atomic mass is 9.63. The maximum absolute atomic E-state index is 13.5. The Morgan fingerprint density at radius 2 is 0.720 bits per heavy atom. The number of rotatable bonds is 20. The molecule has 16 aromatic rings. The molecule has 0 radical (unpaired) electrons. The molecule has 9 aliphatic rings. The molecule has 7 aliphatic heterocycles. The molecule has 1 amide bonds. The lowest BCUT2D eigenvalue weighted by Gasteiger charge is -2.61. The van der Waals surface area contributed by atoms with Crippen molar-refractivity contribution >= 4 is 150 Å². The number of thiazole rings is 4. The Labute approximate surface area is 887 Å². The summed E-state index contributed by atoms with van der Waals surface area (Å²) in [4.78, 5) is 57.3. The summed E-state index contributed by atoms with van der Waals surface area (Å²) in [5.74, 6) is -0.994. The smallest absolute Gasteiger partial charge is 0.228 e. The third-order valence-electron chi connectivity index (χ3n) is 29.7. The van der Waals surface area contributed by atoms with Gasteiger partial charge in [-0.3, -0.25) is 14.6 Å². The van der Waals surface area contributed by atoms with E-state index in [2.05, 4.69) is 145 Å². The normalized spacial score (nSPS) is 16.5. The summed E-state index contributed by atoms with van der Waals surface area (Å²) in [6.07, 6.45) is 23.5. The summed E-state index contributed by atoms with van der Waals surface area (Å²) >= 11 is 8.82. The van der Waals surface area contributed by atoms with E-state index in [1.807, 2.05) is 108 Å². The number of pyridine rings is 4. The Morgan fingerprint density at radius 1 is 0.427 bits per heavy atom. The highest BCUT2D eigenvalue weighted by Gasteiger charge is 2.55. The Morgan fingerprint density at radius 3 is 0.973 bits per heavy atom. The second-order valence-electron chi connectivity index (χ2n) is 39.4. The van der Waals surface area contributed by atoms with Crippen molar-refractivity contribution in [1.29, 1.82) is 21.0 Å². The zero-order valence-corrected chi connectivity index (χ0v) is 88.6. The highest BCUT2D eigenvalue weighted by Crippen LogP contribution is 2.53. The van der Waals surface area contributed by atoms with Gasteiger partial charge >= 0.3 is 0 Å². The van der Waals surface area contributed by atoms with Crippen LogP contribution in [0.15, 0.2) is 175 Å². The van der Waals surface area contributed by atoms with Crippen LogP contribution in [0.3, 0.4) is 0 Å². The molecule has 19 heterocycles. The van der Waals surface area contributed by atoms with Crippen LogP contribution in [-0.2, 0) is 45.0 Å². The highest BCUT2D eigenvalue weighted by atomic mass is 79.9. The topological polar surface area (TPSA) is 351 Å². The molecule has 2 saturated carbocycles. The van der Waals surface area contributed by atoms with Gasteiger partial charge in [0.1, 0.15) is 89.8 Å². The number of ether oxygens (including phenoxy) is 1. The molecule has 0 unspecified atom stereocenters. The molecule has 41 heteroatoms. The number of carbonyl (C=O) groups excluding carboxylic acids is 1. The number of likely N-dealkylation sites (tertiary alicyclic amines) is 1. The van der Waals surface area contributed by atoms with E-state index in [1.54, 1.807) is 48.5 Å². The van der Waals surface area contributed by atoms with E-state index in [0.29, 0.717) is 98.0 Å². The Hall–Kier alpha value is -14.7. The third kappa shape index (κ3) is 20.3. The highest BCUT2D eigenvalue weighted by molar-refractivity contribution is 9.10. The van der Waals surface area contributed by atoms with Crippen molar-refractivity contribution in [3.8, 4) is 81.5 Å². The number of fused-ring (bicyclic) bond motifs is 4. The molecule has 7 saturated heterocycles. The van der Waals surface area contributed by atoms with Gasteiger partial charge in [0.15, 0.2) is 20.5 Å². The second kappa shape index (κ2) is 43.1. The maximum Gasteiger partial charge on any atom is 0.228 e. The number of hydrogen-bond acceptors (Lipinski definition) is 31. The summed E-state index contributed by atoms with van der Waals surface area (Å²) < 4.78 is 67.6. The lowest BCUT2D eigenvalue weighted by Crippen LogP contribution is -2.73. The van der Waals surface area contributed by atoms with Crippen molar-refractivity contribution in [2.24, 2.45) is 27.6 Å². The number of hydrogen-bond donors (Lipinski definition) is 4. The van der Waals surface area contributed by atoms with Crippen LogP contribution in [0.2, 0.25) is 0 Å². The number of halogens is 5. The van der Waals surface area contributed by atoms with Gasteiger partial charge in [-0.2, -0.15) is 52.0 Å². The molecule has 2 aliphatic carbocycles. The predicted octanol–water partition coefficient (Wildman–Crippen LogP) is 20.7. The molecular weight excluding hydrogens is 2050 g/mol. The Bertz CT molecular complexity index is 7710. The van der Waals surface area contributed by atoms with Gasteiger partial charge < -0.3 is 54.6 Å². The van der Waals surface area contributed by atoms with E-state index in [-0.39, 0.29) is 40.5 Å². The molecule has 4 spiro atoms. The van der Waals surface area contributed by atoms with Crippen LogP contribution in [0.4, 0.5) is 77.9 Å². The Kier molecular flexibility index (Phi) is 29.5. The number of aryl methyl sites for hydroxylation is 4. The van der Waals surface area contributed by atoms with Crippen LogP contribution >= 0.6 is 61.3 Å². The van der Waals surface area contributed by atoms with Crippen LogP contribution in [0, 0.1) is 108 Å². The van der Waals surface area contributed by atoms with Gasteiger partial charge in [0, 0.05) is 198 Å². The quantitative estimate of drug-likeness (QED) is 0.0238. The number of carbonyl (C=O) groups is 1. The average molecular weight is 2160 g/mol. The minimum absolute atomic E-state index is 0.0322. The summed E-state index contributed by atoms with van der Waals surface area (Å²) in [7, 11) is 7.82. The van der Waals surface area contributed by atoms with Gasteiger partial charge in [-0.25, -0.2) is 55.6 Å². The van der Waals surface area contributed by atoms with Crippen LogP contribution in [-0.4, -0.2) is 200 Å². The SMILES string of the molecule is C1CC2(C1)CNC2.CCc1nn2ccc(Br)cc2c1N(C)c1nc(-c2ccc(F)cc2)c(C#N)s1.CCc1nn2ccc(N3CC4(CCC4)C3)cc2c1N(C)c1nc(-c2ccc(F)cc2)c(C#N)s1.CCc1nn2ccc(N3CC4(CN(C(=O)[C@@H]5CCOC5)C4)C3)cc2c1N(C)c1nc(-c2ccc(F)cc2)c(C#N)s1.CCc1nn2ccc(N3CC4(CNC4)C3)cc2c1N(C)c1nc(-c2ccc(F)cc2)c(C#N)s1.OOC#COO. The fourth-order valence-corrected chi connectivity index (χ4v) is 24.9. The van der Waals surface area contributed by atoms with Crippen molar-refractivity contribution in [3.63, 3.8) is 0 Å². The molecule has 12 aromatic heterocycles. The van der Waals surface area contributed by atoms with Crippen molar-refractivity contribution in [1.82, 2.24) is 73.9 Å². The first kappa shape index (κ1) is 103. The fraction of sp³-hybridized carbons (Fsp3) is 0.349. The van der Waals surface area contributed by atoms with Gasteiger partial charge in [-0.1, -0.05) is 102 Å². The van der Waals surface area contributed by atoms with Gasteiger partial charge in [0.25, 0.3) is 0 Å². The molecule has 25 rings (SSSR count). The zero-order valence-electron chi connectivity index (χ0n) is 83.7. The molecule has 4 N–H and O–H groups in total. The predicted molar refractivity (Wildman–Crippen MR) is 578 cm³/mol. The van der Waals surface area contributed by atoms with E-state index in [9.17, 15) is 43.4 Å². The standard InChI is InChI=1S/C30H30FN7O2S.C26H25FN6S.C25H24FN7S.C20H15BrFN5S.C6H11N.C2H2O4/c1-3-23-27(35(2)29-33-26(25(13-32)41-29)19-4-6-21(31)7-5-19)24-12-22(8-10-38(24)34-23)36-15-30(16-36)17-37(18-30)28(39)20-9-11-40-14-20;1-3-20-24(21-13-19(9-12-33(21)30-20)32-15-26(16-32)10-4-11-26)31(2)25-29-23(22(14-28)34-25)17-5-7-18(27)8-6-17;1-3-19-23(20-10-18(8-9-33(20)30-19)32-14-25(15-32)12-28-13-25)31(2)24-29-22(21(11-27)34-24)16-4-6-17(26)7-5-16;1-3-15-19(16-10-13(21)8-9-27(16)25-15)26(2)20-24-18(17(11-23)28-20)12-4-6-14(22)7-5-12;1-2-6(3-1)4-7-5-6;3-5-1-2-6-4/h4-8,10,12,20H,3,9,11,14-18H2,1-2H3;5-9,12-13H,3-4,10-11,15-16H2,1-2H3;4-10,28H,3,12-15H2,1-2H3;4-10H,3H2,1-2H3;7H,1-5H2;3-4H/t20-;;;;;/m1...../s1. The molecule has 150 heavy (non-hydrogen) atoms.